The lowest BCUT2D eigenvalue weighted by atomic mass is 10.1. The Hall–Kier alpha value is -2.73. The van der Waals surface area contributed by atoms with Crippen LogP contribution in [0.3, 0.4) is 0 Å². The predicted molar refractivity (Wildman–Crippen MR) is 112 cm³/mol. The van der Waals surface area contributed by atoms with Crippen molar-refractivity contribution in [1.29, 1.82) is 0 Å². The van der Waals surface area contributed by atoms with Gasteiger partial charge in [-0.15, -0.1) is 0 Å². The maximum Gasteiger partial charge on any atom is 0.254 e. The lowest BCUT2D eigenvalue weighted by Crippen LogP contribution is -3.14. The molecule has 0 spiro atoms. The summed E-state index contributed by atoms with van der Waals surface area (Å²) in [6.45, 7) is 4.61. The van der Waals surface area contributed by atoms with Crippen molar-refractivity contribution in [3.63, 3.8) is 0 Å². The van der Waals surface area contributed by atoms with Crippen LogP contribution in [0.1, 0.15) is 22.3 Å². The van der Waals surface area contributed by atoms with Gasteiger partial charge in [0.15, 0.2) is 11.5 Å². The number of hydrogen-bond donors (Lipinski definition) is 1. The standard InChI is InChI=1S/C23H30N2O4/c1-27-20-16-19(17-21(28-2)22(20)29-3)23(26)25-14-12-24(13-15-25)11-7-10-18-8-5-4-6-9-18/h4-6,8-9,16-17H,7,10-15H2,1-3H3/p+1. The second kappa shape index (κ2) is 10.2. The number of rotatable bonds is 8. The van der Waals surface area contributed by atoms with Crippen molar-refractivity contribution in [2.75, 3.05) is 54.1 Å². The number of benzene rings is 2. The second-order valence-electron chi connectivity index (χ2n) is 7.30. The maximum atomic E-state index is 13.0. The highest BCUT2D eigenvalue weighted by atomic mass is 16.5. The van der Waals surface area contributed by atoms with Crippen LogP contribution in [0.4, 0.5) is 0 Å². The number of hydrogen-bond acceptors (Lipinski definition) is 4. The molecule has 1 heterocycles. The molecule has 0 unspecified atom stereocenters. The molecule has 2 aromatic rings. The van der Waals surface area contributed by atoms with E-state index >= 15 is 0 Å². The van der Waals surface area contributed by atoms with Crippen LogP contribution in [0.2, 0.25) is 0 Å². The number of piperazine rings is 1. The summed E-state index contributed by atoms with van der Waals surface area (Å²) in [7, 11) is 4.67. The highest BCUT2D eigenvalue weighted by Crippen LogP contribution is 2.38. The molecular weight excluding hydrogens is 368 g/mol. The Bertz CT molecular complexity index is 777. The third kappa shape index (κ3) is 5.21. The van der Waals surface area contributed by atoms with Gasteiger partial charge in [0.2, 0.25) is 5.75 Å². The number of nitrogens with one attached hydrogen (secondary N) is 1. The Morgan fingerprint density at radius 3 is 2.14 bits per heavy atom. The lowest BCUT2D eigenvalue weighted by molar-refractivity contribution is -0.904. The summed E-state index contributed by atoms with van der Waals surface area (Å²) in [6, 6.07) is 14.1. The van der Waals surface area contributed by atoms with E-state index in [9.17, 15) is 4.79 Å². The summed E-state index contributed by atoms with van der Waals surface area (Å²) >= 11 is 0. The Morgan fingerprint density at radius 1 is 0.966 bits per heavy atom. The summed E-state index contributed by atoms with van der Waals surface area (Å²) < 4.78 is 16.1. The van der Waals surface area contributed by atoms with Gasteiger partial charge in [0.05, 0.1) is 54.1 Å². The van der Waals surface area contributed by atoms with Crippen molar-refractivity contribution in [3.05, 3.63) is 53.6 Å². The molecule has 6 heteroatoms. The van der Waals surface area contributed by atoms with Crippen molar-refractivity contribution in [1.82, 2.24) is 4.90 Å². The van der Waals surface area contributed by atoms with Crippen LogP contribution in [0.15, 0.2) is 42.5 Å². The van der Waals surface area contributed by atoms with Gasteiger partial charge in [0.1, 0.15) is 0 Å². The van der Waals surface area contributed by atoms with Crippen LogP contribution in [0, 0.1) is 0 Å². The van der Waals surface area contributed by atoms with Crippen molar-refractivity contribution >= 4 is 5.91 Å². The van der Waals surface area contributed by atoms with E-state index in [0.29, 0.717) is 22.8 Å². The van der Waals surface area contributed by atoms with Crippen LogP contribution in [0.5, 0.6) is 17.2 Å². The number of quaternary nitrogens is 1. The molecule has 1 saturated heterocycles. The predicted octanol–water partition coefficient (Wildman–Crippen LogP) is 1.69. The molecule has 0 bridgehead atoms. The molecule has 0 atom stereocenters. The van der Waals surface area contributed by atoms with Crippen molar-refractivity contribution < 1.29 is 23.9 Å². The molecule has 2 aromatic carbocycles. The van der Waals surface area contributed by atoms with Gasteiger partial charge in [0.25, 0.3) is 5.91 Å². The summed E-state index contributed by atoms with van der Waals surface area (Å²) in [5, 5.41) is 0. The Kier molecular flexibility index (Phi) is 7.36. The number of amides is 1. The first-order valence-corrected chi connectivity index (χ1v) is 10.1. The normalized spacial score (nSPS) is 14.5. The Morgan fingerprint density at radius 2 is 1.59 bits per heavy atom. The molecule has 6 nitrogen and oxygen atoms in total. The van der Waals surface area contributed by atoms with E-state index in [-0.39, 0.29) is 5.91 Å². The quantitative estimate of drug-likeness (QED) is 0.734. The van der Waals surface area contributed by atoms with Gasteiger partial charge in [-0.2, -0.15) is 0 Å². The largest absolute Gasteiger partial charge is 0.493 e. The average Bonchev–Trinajstić information content (AvgIpc) is 2.78. The molecule has 1 N–H and O–H groups in total. The SMILES string of the molecule is COc1cc(C(=O)N2CC[NH+](CCCc3ccccc3)CC2)cc(OC)c1OC. The molecule has 29 heavy (non-hydrogen) atoms. The van der Waals surface area contributed by atoms with E-state index in [1.807, 2.05) is 4.90 Å². The first-order valence-electron chi connectivity index (χ1n) is 10.1. The van der Waals surface area contributed by atoms with Crippen LogP contribution >= 0.6 is 0 Å². The van der Waals surface area contributed by atoms with Gasteiger partial charge in [-0.25, -0.2) is 0 Å². The summed E-state index contributed by atoms with van der Waals surface area (Å²) in [5.41, 5.74) is 1.95. The van der Waals surface area contributed by atoms with Crippen LogP contribution < -0.4 is 19.1 Å². The Balaban J connectivity index is 1.54. The van der Waals surface area contributed by atoms with Gasteiger partial charge < -0.3 is 24.0 Å². The highest BCUT2D eigenvalue weighted by molar-refractivity contribution is 5.95. The lowest BCUT2D eigenvalue weighted by Gasteiger charge is -2.32. The Labute approximate surface area is 173 Å². The fourth-order valence-electron chi connectivity index (χ4n) is 3.85. The average molecular weight is 400 g/mol. The zero-order chi connectivity index (χ0) is 20.6. The molecular formula is C23H31N2O4+. The molecule has 1 fully saturated rings. The van der Waals surface area contributed by atoms with Gasteiger partial charge in [-0.3, -0.25) is 4.79 Å². The number of carbonyl (C=O) groups excluding carboxylic acids is 1. The minimum Gasteiger partial charge on any atom is -0.493 e. The molecule has 0 radical (unpaired) electrons. The van der Waals surface area contributed by atoms with Gasteiger partial charge in [-0.05, 0) is 24.1 Å². The zero-order valence-corrected chi connectivity index (χ0v) is 17.6. The zero-order valence-electron chi connectivity index (χ0n) is 17.6. The third-order valence-electron chi connectivity index (χ3n) is 5.51. The first-order chi connectivity index (χ1) is 14.2. The fraction of sp³-hybridized carbons (Fsp3) is 0.435. The smallest absolute Gasteiger partial charge is 0.254 e. The molecule has 0 saturated carbocycles. The number of carbonyl (C=O) groups is 1. The van der Waals surface area contributed by atoms with Gasteiger partial charge >= 0.3 is 0 Å². The summed E-state index contributed by atoms with van der Waals surface area (Å²) in [5.74, 6) is 1.51. The second-order valence-corrected chi connectivity index (χ2v) is 7.30. The third-order valence-corrected chi connectivity index (χ3v) is 5.51. The van der Waals surface area contributed by atoms with E-state index in [1.165, 1.54) is 12.0 Å². The topological polar surface area (TPSA) is 52.4 Å². The van der Waals surface area contributed by atoms with Crippen molar-refractivity contribution in [2.24, 2.45) is 0 Å². The number of aryl methyl sites for hydroxylation is 1. The summed E-state index contributed by atoms with van der Waals surface area (Å²) in [6.07, 6.45) is 2.28. The van der Waals surface area contributed by atoms with Crippen LogP contribution in [0.25, 0.3) is 0 Å². The van der Waals surface area contributed by atoms with Crippen molar-refractivity contribution in [3.8, 4) is 17.2 Å². The fourth-order valence-corrected chi connectivity index (χ4v) is 3.85. The number of methoxy groups -OCH3 is 3. The van der Waals surface area contributed by atoms with Gasteiger partial charge in [0, 0.05) is 12.0 Å². The molecule has 156 valence electrons. The first kappa shape index (κ1) is 21.0. The number of nitrogens with zero attached hydrogens (tertiary/aromatic N) is 1. The molecule has 1 amide bonds. The summed E-state index contributed by atoms with van der Waals surface area (Å²) in [4.78, 5) is 16.5. The van der Waals surface area contributed by atoms with E-state index in [1.54, 1.807) is 38.4 Å². The van der Waals surface area contributed by atoms with E-state index < -0.39 is 0 Å². The molecule has 1 aliphatic rings. The minimum atomic E-state index is 0.00703. The monoisotopic (exact) mass is 399 g/mol. The van der Waals surface area contributed by atoms with Crippen molar-refractivity contribution in [2.45, 2.75) is 12.8 Å². The van der Waals surface area contributed by atoms with E-state index in [4.69, 9.17) is 14.2 Å². The molecule has 0 aliphatic carbocycles. The van der Waals surface area contributed by atoms with Crippen LogP contribution in [-0.2, 0) is 6.42 Å². The highest BCUT2D eigenvalue weighted by Gasteiger charge is 2.26. The van der Waals surface area contributed by atoms with E-state index in [2.05, 4.69) is 30.3 Å². The van der Waals surface area contributed by atoms with E-state index in [0.717, 1.165) is 39.1 Å². The molecule has 0 aromatic heterocycles. The number of ether oxygens (including phenoxy) is 3. The van der Waals surface area contributed by atoms with Crippen LogP contribution in [-0.4, -0.2) is 64.9 Å². The van der Waals surface area contributed by atoms with Gasteiger partial charge in [-0.1, -0.05) is 30.3 Å². The molecule has 1 aliphatic heterocycles. The molecule has 3 rings (SSSR count). The maximum absolute atomic E-state index is 13.0. The minimum absolute atomic E-state index is 0.00703.